The second kappa shape index (κ2) is 7.20. The molecule has 1 N–H and O–H groups in total. The van der Waals surface area contributed by atoms with Gasteiger partial charge < -0.3 is 5.32 Å². The summed E-state index contributed by atoms with van der Waals surface area (Å²) < 4.78 is 14.7. The minimum atomic E-state index is -0.308. The van der Waals surface area contributed by atoms with Crippen LogP contribution < -0.4 is 5.32 Å². The fourth-order valence-electron chi connectivity index (χ4n) is 2.22. The highest BCUT2D eigenvalue weighted by Gasteiger charge is 2.15. The van der Waals surface area contributed by atoms with E-state index in [1.807, 2.05) is 6.92 Å². The Kier molecular flexibility index (Phi) is 5.31. The molecule has 0 fully saturated rings. The molecule has 0 bridgehead atoms. The lowest BCUT2D eigenvalue weighted by atomic mass is 10.0. The monoisotopic (exact) mass is 303 g/mol. The van der Waals surface area contributed by atoms with Gasteiger partial charge in [-0.3, -0.25) is 9.36 Å². The molecule has 1 aromatic carbocycles. The van der Waals surface area contributed by atoms with E-state index >= 15 is 0 Å². The lowest BCUT2D eigenvalue weighted by Crippen LogP contribution is -2.33. The van der Waals surface area contributed by atoms with E-state index in [1.54, 1.807) is 23.0 Å². The van der Waals surface area contributed by atoms with Crippen LogP contribution in [0.15, 0.2) is 36.8 Å². The molecule has 0 aliphatic carbocycles. The zero-order chi connectivity index (χ0) is 16.1. The lowest BCUT2D eigenvalue weighted by Gasteiger charge is -2.15. The highest BCUT2D eigenvalue weighted by atomic mass is 19.1. The molecule has 1 heterocycles. The molecule has 0 radical (unpaired) electrons. The van der Waals surface area contributed by atoms with Gasteiger partial charge in [-0.2, -0.15) is 0 Å². The first kappa shape index (κ1) is 16.2. The van der Waals surface area contributed by atoms with Crippen molar-refractivity contribution in [3.63, 3.8) is 0 Å². The van der Waals surface area contributed by atoms with E-state index in [0.717, 1.165) is 12.8 Å². The molecule has 4 nitrogen and oxygen atoms in total. The molecule has 5 heteroatoms. The molecule has 0 saturated heterocycles. The summed E-state index contributed by atoms with van der Waals surface area (Å²) in [6.45, 7) is 6.33. The van der Waals surface area contributed by atoms with Crippen LogP contribution in [0, 0.1) is 11.7 Å². The Balaban J connectivity index is 2.08. The predicted molar refractivity (Wildman–Crippen MR) is 84.5 cm³/mol. The summed E-state index contributed by atoms with van der Waals surface area (Å²) in [5, 5.41) is 2.99. The van der Waals surface area contributed by atoms with Crippen LogP contribution in [0.4, 0.5) is 4.39 Å². The second-order valence-corrected chi connectivity index (χ2v) is 5.97. The number of nitrogens with one attached hydrogen (secondary N) is 1. The molecular formula is C17H22FN3O. The maximum atomic E-state index is 13.0. The lowest BCUT2D eigenvalue weighted by molar-refractivity contribution is 0.0930. The van der Waals surface area contributed by atoms with Gasteiger partial charge in [0.1, 0.15) is 11.5 Å². The first-order valence-electron chi connectivity index (χ1n) is 7.56. The zero-order valence-corrected chi connectivity index (χ0v) is 13.2. The molecule has 2 rings (SSSR count). The van der Waals surface area contributed by atoms with Gasteiger partial charge in [-0.05, 0) is 49.9 Å². The minimum Gasteiger partial charge on any atom is -0.348 e. The van der Waals surface area contributed by atoms with Crippen molar-refractivity contribution in [1.82, 2.24) is 14.9 Å². The molecule has 22 heavy (non-hydrogen) atoms. The molecule has 0 aliphatic rings. The van der Waals surface area contributed by atoms with Crippen molar-refractivity contribution in [2.45, 2.75) is 39.7 Å². The summed E-state index contributed by atoms with van der Waals surface area (Å²) in [7, 11) is 0. The van der Waals surface area contributed by atoms with Crippen LogP contribution in [0.3, 0.4) is 0 Å². The van der Waals surface area contributed by atoms with E-state index in [2.05, 4.69) is 24.1 Å². The fraction of sp³-hybridized carbons (Fsp3) is 0.412. The number of hydrogen-bond acceptors (Lipinski definition) is 2. The highest BCUT2D eigenvalue weighted by molar-refractivity contribution is 5.93. The summed E-state index contributed by atoms with van der Waals surface area (Å²) in [4.78, 5) is 16.4. The highest BCUT2D eigenvalue weighted by Crippen LogP contribution is 2.13. The van der Waals surface area contributed by atoms with E-state index in [1.165, 1.54) is 18.3 Å². The van der Waals surface area contributed by atoms with E-state index < -0.39 is 0 Å². The topological polar surface area (TPSA) is 46.9 Å². The summed E-state index contributed by atoms with van der Waals surface area (Å²) in [6.07, 6.45) is 5.08. The fourth-order valence-corrected chi connectivity index (χ4v) is 2.22. The van der Waals surface area contributed by atoms with Crippen LogP contribution in [-0.4, -0.2) is 21.5 Å². The predicted octanol–water partition coefficient (Wildman–Crippen LogP) is 3.57. The molecule has 118 valence electrons. The van der Waals surface area contributed by atoms with E-state index in [-0.39, 0.29) is 17.8 Å². The normalized spacial score (nSPS) is 12.4. The van der Waals surface area contributed by atoms with Crippen LogP contribution in [0.2, 0.25) is 0 Å². The van der Waals surface area contributed by atoms with Crippen LogP contribution in [-0.2, 0) is 0 Å². The van der Waals surface area contributed by atoms with Crippen molar-refractivity contribution in [3.8, 4) is 5.69 Å². The minimum absolute atomic E-state index is 0.103. The van der Waals surface area contributed by atoms with Gasteiger partial charge in [-0.1, -0.05) is 13.8 Å². The third-order valence-corrected chi connectivity index (χ3v) is 3.53. The number of hydrogen-bond donors (Lipinski definition) is 1. The molecule has 0 aliphatic heterocycles. The summed E-state index contributed by atoms with van der Waals surface area (Å²) in [5.74, 6) is 0.138. The number of benzene rings is 1. The summed E-state index contributed by atoms with van der Waals surface area (Å²) >= 11 is 0. The van der Waals surface area contributed by atoms with Gasteiger partial charge in [0.05, 0.1) is 12.5 Å². The summed E-state index contributed by atoms with van der Waals surface area (Å²) in [5.41, 5.74) is 1.15. The van der Waals surface area contributed by atoms with Gasteiger partial charge in [-0.15, -0.1) is 0 Å². The number of amides is 1. The average Bonchev–Trinajstić information content (AvgIpc) is 2.95. The van der Waals surface area contributed by atoms with Crippen LogP contribution >= 0.6 is 0 Å². The number of halogens is 1. The SMILES string of the molecule is CC(C)CCC(C)NC(=O)c1cncn1-c1ccc(F)cc1. The van der Waals surface area contributed by atoms with Gasteiger partial charge in [0.2, 0.25) is 0 Å². The molecule has 1 amide bonds. The number of rotatable bonds is 6. The maximum absolute atomic E-state index is 13.0. The van der Waals surface area contributed by atoms with Gasteiger partial charge >= 0.3 is 0 Å². The quantitative estimate of drug-likeness (QED) is 0.887. The second-order valence-electron chi connectivity index (χ2n) is 5.97. The Labute approximate surface area is 130 Å². The smallest absolute Gasteiger partial charge is 0.270 e. The Morgan fingerprint density at radius 1 is 1.23 bits per heavy atom. The van der Waals surface area contributed by atoms with Gasteiger partial charge in [0.25, 0.3) is 5.91 Å². The molecule has 0 spiro atoms. The maximum Gasteiger partial charge on any atom is 0.270 e. The van der Waals surface area contributed by atoms with E-state index in [9.17, 15) is 9.18 Å². The van der Waals surface area contributed by atoms with Crippen LogP contribution in [0.1, 0.15) is 44.1 Å². The molecule has 2 aromatic rings. The largest absolute Gasteiger partial charge is 0.348 e. The molecule has 1 unspecified atom stereocenters. The number of aromatic nitrogens is 2. The Hall–Kier alpha value is -2.17. The van der Waals surface area contributed by atoms with Gasteiger partial charge in [0, 0.05) is 11.7 Å². The van der Waals surface area contributed by atoms with Crippen molar-refractivity contribution in [2.75, 3.05) is 0 Å². The summed E-state index contributed by atoms with van der Waals surface area (Å²) in [6, 6.07) is 6.07. The average molecular weight is 303 g/mol. The molecule has 1 atom stereocenters. The van der Waals surface area contributed by atoms with E-state index in [0.29, 0.717) is 17.3 Å². The first-order valence-corrected chi connectivity index (χ1v) is 7.56. The molecular weight excluding hydrogens is 281 g/mol. The number of imidazole rings is 1. The van der Waals surface area contributed by atoms with Crippen LogP contribution in [0.5, 0.6) is 0 Å². The molecule has 1 aromatic heterocycles. The Morgan fingerprint density at radius 3 is 2.55 bits per heavy atom. The zero-order valence-electron chi connectivity index (χ0n) is 13.2. The van der Waals surface area contributed by atoms with Crippen molar-refractivity contribution in [1.29, 1.82) is 0 Å². The van der Waals surface area contributed by atoms with Crippen molar-refractivity contribution in [2.24, 2.45) is 5.92 Å². The van der Waals surface area contributed by atoms with Crippen molar-refractivity contribution in [3.05, 3.63) is 48.3 Å². The van der Waals surface area contributed by atoms with Gasteiger partial charge in [-0.25, -0.2) is 9.37 Å². The van der Waals surface area contributed by atoms with Gasteiger partial charge in [0.15, 0.2) is 0 Å². The standard InChI is InChI=1S/C17H22FN3O/c1-12(2)4-5-13(3)20-17(22)16-10-19-11-21(16)15-8-6-14(18)7-9-15/h6-13H,4-5H2,1-3H3,(H,20,22). The number of nitrogens with zero attached hydrogens (tertiary/aromatic N) is 2. The first-order chi connectivity index (χ1) is 10.5. The van der Waals surface area contributed by atoms with Crippen molar-refractivity contribution >= 4 is 5.91 Å². The van der Waals surface area contributed by atoms with E-state index in [4.69, 9.17) is 0 Å². The number of carbonyl (C=O) groups is 1. The third-order valence-electron chi connectivity index (χ3n) is 3.53. The number of carbonyl (C=O) groups excluding carboxylic acids is 1. The Bertz CT molecular complexity index is 619. The Morgan fingerprint density at radius 2 is 1.91 bits per heavy atom. The van der Waals surface area contributed by atoms with Crippen LogP contribution in [0.25, 0.3) is 5.69 Å². The third kappa shape index (κ3) is 4.16. The molecule has 0 saturated carbocycles. The van der Waals surface area contributed by atoms with Crippen molar-refractivity contribution < 1.29 is 9.18 Å².